The first kappa shape index (κ1) is 16.8. The van der Waals surface area contributed by atoms with Gasteiger partial charge in [0.15, 0.2) is 10.4 Å². The molecule has 1 aliphatic rings. The molecule has 8 nitrogen and oxygen atoms in total. The number of fused-ring (bicyclic) bond motifs is 1. The number of rotatable bonds is 8. The highest BCUT2D eigenvalue weighted by atomic mass is 79.9. The quantitative estimate of drug-likeness (QED) is 0.352. The first-order valence-electron chi connectivity index (χ1n) is 11.0. The van der Waals surface area contributed by atoms with Crippen molar-refractivity contribution >= 4 is 35.0 Å². The minimum Gasteiger partial charge on any atom is -0.480 e. The summed E-state index contributed by atoms with van der Waals surface area (Å²) in [6, 6.07) is 1.07. The summed E-state index contributed by atoms with van der Waals surface area (Å²) in [6.45, 7) is 7.89. The lowest BCUT2D eigenvalue weighted by Crippen LogP contribution is -2.22. The molecule has 10 heteroatoms. The molecule has 1 aliphatic carbocycles. The van der Waals surface area contributed by atoms with Crippen molar-refractivity contribution in [3.63, 3.8) is 0 Å². The average Bonchev–Trinajstić information content (AvgIpc) is 3.48. The molecule has 0 bridgehead atoms. The zero-order chi connectivity index (χ0) is 23.1. The van der Waals surface area contributed by atoms with Gasteiger partial charge in [-0.1, -0.05) is 19.6 Å². The lowest BCUT2D eigenvalue weighted by atomic mass is 10.1. The van der Waals surface area contributed by atoms with Crippen molar-refractivity contribution in [2.75, 3.05) is 13.6 Å². The number of ether oxygens (including phenoxy) is 2. The molecule has 1 saturated carbocycles. The molecule has 3 aromatic heterocycles. The van der Waals surface area contributed by atoms with Crippen LogP contribution in [0.15, 0.2) is 17.1 Å². The molecule has 3 heterocycles. The van der Waals surface area contributed by atoms with Gasteiger partial charge in [-0.3, -0.25) is 0 Å². The van der Waals surface area contributed by atoms with Crippen LogP contribution in [0.5, 0.6) is 5.88 Å². The molecule has 0 spiro atoms. The molecule has 0 atom stereocenters. The average molecular weight is 480 g/mol. The Hall–Kier alpha value is -1.91. The van der Waals surface area contributed by atoms with E-state index in [0.29, 0.717) is 46.1 Å². The Balaban J connectivity index is 1.67. The van der Waals surface area contributed by atoms with E-state index in [4.69, 9.17) is 13.6 Å². The van der Waals surface area contributed by atoms with Crippen LogP contribution in [0, 0.1) is 0 Å². The number of aromatic nitrogens is 6. The van der Waals surface area contributed by atoms with Gasteiger partial charge in [-0.25, -0.2) is 24.6 Å². The van der Waals surface area contributed by atoms with E-state index in [0.717, 1.165) is 18.9 Å². The van der Waals surface area contributed by atoms with Gasteiger partial charge in [0.25, 0.3) is 0 Å². The van der Waals surface area contributed by atoms with Crippen LogP contribution in [0.25, 0.3) is 22.4 Å². The van der Waals surface area contributed by atoms with Crippen LogP contribution in [0.2, 0.25) is 25.7 Å². The minimum absolute atomic E-state index is 0.0422. The van der Waals surface area contributed by atoms with Gasteiger partial charge in [-0.15, -0.1) is 0 Å². The van der Waals surface area contributed by atoms with E-state index in [2.05, 4.69) is 60.6 Å². The molecular formula is C19H25BrN6O2Si. The summed E-state index contributed by atoms with van der Waals surface area (Å²) in [5.41, 5.74) is 2.42. The lowest BCUT2D eigenvalue weighted by molar-refractivity contribution is 0.0814. The fourth-order valence-corrected chi connectivity index (χ4v) is 4.25. The zero-order valence-electron chi connectivity index (χ0n) is 19.6. The van der Waals surface area contributed by atoms with Gasteiger partial charge < -0.3 is 9.47 Å². The second-order valence-corrected chi connectivity index (χ2v) is 14.8. The van der Waals surface area contributed by atoms with Crippen molar-refractivity contribution in [1.82, 2.24) is 29.7 Å². The molecule has 0 amide bonds. The van der Waals surface area contributed by atoms with E-state index in [1.54, 1.807) is 10.9 Å². The number of nitrogens with zero attached hydrogens (tertiary/aromatic N) is 6. The van der Waals surface area contributed by atoms with Gasteiger partial charge in [-0.05, 0) is 34.8 Å². The maximum atomic E-state index is 7.49. The van der Waals surface area contributed by atoms with Crippen molar-refractivity contribution in [1.29, 1.82) is 0 Å². The first-order valence-corrected chi connectivity index (χ1v) is 14.0. The number of hydrogen-bond donors (Lipinski definition) is 0. The van der Waals surface area contributed by atoms with Gasteiger partial charge in [0.2, 0.25) is 5.88 Å². The molecule has 0 aliphatic heterocycles. The van der Waals surface area contributed by atoms with Crippen LogP contribution >= 0.6 is 15.9 Å². The Morgan fingerprint density at radius 2 is 2.10 bits per heavy atom. The normalized spacial score (nSPS) is 16.5. The molecule has 0 N–H and O–H groups in total. The van der Waals surface area contributed by atoms with Crippen LogP contribution in [0.3, 0.4) is 0 Å². The largest absolute Gasteiger partial charge is 0.480 e. The van der Waals surface area contributed by atoms with Gasteiger partial charge in [-0.2, -0.15) is 5.10 Å². The Kier molecular flexibility index (Phi) is 4.69. The predicted octanol–water partition coefficient (Wildman–Crippen LogP) is 4.24. The number of methoxy groups -OCH3 is 1. The summed E-state index contributed by atoms with van der Waals surface area (Å²) in [5, 5.41) is 4.47. The van der Waals surface area contributed by atoms with Crippen LogP contribution in [-0.4, -0.2) is 51.4 Å². The second kappa shape index (κ2) is 8.08. The molecule has 154 valence electrons. The number of halogens is 1. The fraction of sp³-hybridized carbons (Fsp3) is 0.526. The highest BCUT2D eigenvalue weighted by Crippen LogP contribution is 2.45. The Labute approximate surface area is 183 Å². The third kappa shape index (κ3) is 4.49. The second-order valence-electron chi connectivity index (χ2n) is 8.38. The topological polar surface area (TPSA) is 87.8 Å². The SMILES string of the molecule is [2H]C([2H])([2H])Oc1ncnc(C2CC2)c1-c1ncc2c(n1)c(Br)nn2COCC[Si](C)(C)C. The van der Waals surface area contributed by atoms with E-state index >= 15 is 0 Å². The van der Waals surface area contributed by atoms with Crippen molar-refractivity contribution in [3.05, 3.63) is 22.8 Å². The monoisotopic (exact) mass is 479 g/mol. The summed E-state index contributed by atoms with van der Waals surface area (Å²) >= 11 is 3.47. The molecular weight excluding hydrogens is 452 g/mol. The molecule has 0 radical (unpaired) electrons. The zero-order valence-corrected chi connectivity index (χ0v) is 19.2. The Bertz CT molecular complexity index is 1130. The third-order valence-electron chi connectivity index (χ3n) is 4.79. The van der Waals surface area contributed by atoms with Crippen LogP contribution in [0.4, 0.5) is 0 Å². The summed E-state index contributed by atoms with van der Waals surface area (Å²) in [6.07, 6.45) is 4.91. The standard InChI is InChI=1S/C19H25BrN6O2Si/c1-27-19-14(15(12-5-6-12)22-10-23-19)18-21-9-13-16(24-18)17(20)25-26(13)11-28-7-8-29(2,3)4/h9-10,12H,5-8,11H2,1-4H3/i1D3. The van der Waals surface area contributed by atoms with Crippen molar-refractivity contribution in [2.45, 2.75) is 51.2 Å². The summed E-state index contributed by atoms with van der Waals surface area (Å²) < 4.78 is 35.7. The van der Waals surface area contributed by atoms with Crippen molar-refractivity contribution < 1.29 is 13.6 Å². The molecule has 3 aromatic rings. The van der Waals surface area contributed by atoms with E-state index in [1.807, 2.05) is 0 Å². The van der Waals surface area contributed by atoms with E-state index in [1.165, 1.54) is 6.33 Å². The highest BCUT2D eigenvalue weighted by molar-refractivity contribution is 9.10. The van der Waals surface area contributed by atoms with E-state index in [9.17, 15) is 0 Å². The first-order chi connectivity index (χ1) is 15.0. The summed E-state index contributed by atoms with van der Waals surface area (Å²) in [5.74, 6) is 0.482. The van der Waals surface area contributed by atoms with Gasteiger partial charge in [0.1, 0.15) is 29.7 Å². The summed E-state index contributed by atoms with van der Waals surface area (Å²) in [7, 11) is -3.82. The van der Waals surface area contributed by atoms with Gasteiger partial charge >= 0.3 is 0 Å². The lowest BCUT2D eigenvalue weighted by Gasteiger charge is -2.15. The van der Waals surface area contributed by atoms with E-state index in [-0.39, 0.29) is 11.8 Å². The summed E-state index contributed by atoms with van der Waals surface area (Å²) in [4.78, 5) is 17.6. The Morgan fingerprint density at radius 3 is 2.83 bits per heavy atom. The maximum Gasteiger partial charge on any atom is 0.227 e. The van der Waals surface area contributed by atoms with E-state index < -0.39 is 15.1 Å². The van der Waals surface area contributed by atoms with Crippen molar-refractivity contribution in [2.24, 2.45) is 0 Å². The number of hydrogen-bond acceptors (Lipinski definition) is 7. The van der Waals surface area contributed by atoms with Crippen molar-refractivity contribution in [3.8, 4) is 17.3 Å². The van der Waals surface area contributed by atoms with Gasteiger partial charge in [0, 0.05) is 20.6 Å². The predicted molar refractivity (Wildman–Crippen MR) is 117 cm³/mol. The molecule has 4 rings (SSSR count). The van der Waals surface area contributed by atoms with Crippen LogP contribution < -0.4 is 4.74 Å². The minimum atomic E-state index is -2.65. The van der Waals surface area contributed by atoms with Crippen LogP contribution in [0.1, 0.15) is 28.6 Å². The smallest absolute Gasteiger partial charge is 0.227 e. The molecule has 1 fully saturated rings. The maximum absolute atomic E-state index is 7.49. The molecule has 0 aromatic carbocycles. The third-order valence-corrected chi connectivity index (χ3v) is 7.03. The van der Waals surface area contributed by atoms with Gasteiger partial charge in [0.05, 0.1) is 23.0 Å². The highest BCUT2D eigenvalue weighted by Gasteiger charge is 2.31. The molecule has 29 heavy (non-hydrogen) atoms. The van der Waals surface area contributed by atoms with Crippen LogP contribution in [-0.2, 0) is 11.5 Å². The molecule has 0 saturated heterocycles. The fourth-order valence-electron chi connectivity index (χ4n) is 3.01. The molecule has 0 unspecified atom stereocenters. The Morgan fingerprint density at radius 1 is 1.28 bits per heavy atom.